The molecule has 0 radical (unpaired) electrons. The van der Waals surface area contributed by atoms with Crippen molar-refractivity contribution < 1.29 is 28.7 Å². The molecule has 1 amide bonds. The minimum Gasteiger partial charge on any atom is -0.465 e. The van der Waals surface area contributed by atoms with E-state index < -0.39 is 25.3 Å². The highest BCUT2D eigenvalue weighted by molar-refractivity contribution is 7.52. The lowest BCUT2D eigenvalue weighted by molar-refractivity contribution is -0.143. The third-order valence-corrected chi connectivity index (χ3v) is 5.30. The van der Waals surface area contributed by atoms with Gasteiger partial charge in [0.1, 0.15) is 6.04 Å². The monoisotopic (exact) mass is 348 g/mol. The Morgan fingerprint density at radius 2 is 1.91 bits per heavy atom. The highest BCUT2D eigenvalue weighted by Crippen LogP contribution is 2.48. The molecule has 1 fully saturated rings. The van der Waals surface area contributed by atoms with Gasteiger partial charge >= 0.3 is 13.6 Å². The van der Waals surface area contributed by atoms with Crippen LogP contribution in [0.2, 0.25) is 0 Å². The first-order valence-electron chi connectivity index (χ1n) is 7.58. The second-order valence-corrected chi connectivity index (χ2v) is 7.36. The number of allylic oxidation sites excluding steroid dienone is 1. The highest BCUT2D eigenvalue weighted by atomic mass is 31.2. The highest BCUT2D eigenvalue weighted by Gasteiger charge is 2.36. The van der Waals surface area contributed by atoms with E-state index >= 15 is 0 Å². The van der Waals surface area contributed by atoms with Gasteiger partial charge in [0.15, 0.2) is 0 Å². The molecule has 0 aliphatic carbocycles. The summed E-state index contributed by atoms with van der Waals surface area (Å²) in [5.41, 5.74) is 4.60. The zero-order valence-electron chi connectivity index (χ0n) is 13.4. The van der Waals surface area contributed by atoms with Crippen LogP contribution in [0.3, 0.4) is 0 Å². The predicted octanol–water partition coefficient (Wildman–Crippen LogP) is 0.238. The Bertz CT molecular complexity index is 495. The van der Waals surface area contributed by atoms with Crippen molar-refractivity contribution in [2.45, 2.75) is 38.4 Å². The molecule has 2 atom stereocenters. The molecule has 0 saturated carbocycles. The maximum absolute atomic E-state index is 11.8. The largest absolute Gasteiger partial charge is 0.465 e. The SMILES string of the molecule is CCOC(=O)C(N)C=CC(C1CCN(C(C)=O)CC1)P(=O)(O)O. The fourth-order valence-corrected chi connectivity index (χ4v) is 3.82. The van der Waals surface area contributed by atoms with Crippen LogP contribution in [0, 0.1) is 5.92 Å². The molecule has 4 N–H and O–H groups in total. The molecule has 132 valence electrons. The molecule has 8 nitrogen and oxygen atoms in total. The molecular weight excluding hydrogens is 323 g/mol. The third kappa shape index (κ3) is 6.06. The van der Waals surface area contributed by atoms with E-state index in [0.29, 0.717) is 25.9 Å². The number of nitrogens with two attached hydrogens (primary N) is 1. The number of nitrogens with zero attached hydrogens (tertiary/aromatic N) is 1. The molecule has 0 spiro atoms. The average molecular weight is 348 g/mol. The minimum absolute atomic E-state index is 0.0453. The lowest BCUT2D eigenvalue weighted by Crippen LogP contribution is -2.40. The second kappa shape index (κ2) is 8.59. The van der Waals surface area contributed by atoms with Crippen LogP contribution in [0.4, 0.5) is 0 Å². The van der Waals surface area contributed by atoms with Crippen LogP contribution >= 0.6 is 7.60 Å². The van der Waals surface area contributed by atoms with Crippen LogP contribution in [-0.2, 0) is 18.9 Å². The molecule has 0 aromatic rings. The topological polar surface area (TPSA) is 130 Å². The summed E-state index contributed by atoms with van der Waals surface area (Å²) in [6.07, 6.45) is 3.58. The van der Waals surface area contributed by atoms with Crippen LogP contribution in [0.5, 0.6) is 0 Å². The molecule has 1 aliphatic rings. The van der Waals surface area contributed by atoms with Gasteiger partial charge in [0, 0.05) is 20.0 Å². The van der Waals surface area contributed by atoms with Crippen LogP contribution in [0.15, 0.2) is 12.2 Å². The van der Waals surface area contributed by atoms with Crippen LogP contribution < -0.4 is 5.73 Å². The first-order valence-corrected chi connectivity index (χ1v) is 9.26. The van der Waals surface area contributed by atoms with Gasteiger partial charge in [0.25, 0.3) is 0 Å². The molecule has 9 heteroatoms. The lowest BCUT2D eigenvalue weighted by atomic mass is 9.92. The quantitative estimate of drug-likeness (QED) is 0.356. The summed E-state index contributed by atoms with van der Waals surface area (Å²) in [4.78, 5) is 43.6. The first-order chi connectivity index (χ1) is 10.7. The van der Waals surface area contributed by atoms with Gasteiger partial charge in [-0.25, -0.2) is 0 Å². The number of likely N-dealkylation sites (tertiary alicyclic amines) is 1. The molecule has 1 rings (SSSR count). The third-order valence-electron chi connectivity index (χ3n) is 3.93. The normalized spacial score (nSPS) is 19.6. The maximum atomic E-state index is 11.8. The molecule has 0 aromatic carbocycles. The van der Waals surface area contributed by atoms with Crippen molar-refractivity contribution in [2.75, 3.05) is 19.7 Å². The fraction of sp³-hybridized carbons (Fsp3) is 0.714. The van der Waals surface area contributed by atoms with Gasteiger partial charge in [0.2, 0.25) is 5.91 Å². The Kier molecular flexibility index (Phi) is 7.41. The van der Waals surface area contributed by atoms with E-state index in [2.05, 4.69) is 0 Å². The standard InChI is InChI=1S/C14H25N2O6P/c1-3-22-14(18)12(15)4-5-13(23(19,20)21)11-6-8-16(9-7-11)10(2)17/h4-5,11-13H,3,6-9,15H2,1-2H3,(H2,19,20,21). The second-order valence-electron chi connectivity index (χ2n) is 5.59. The first kappa shape index (κ1) is 19.8. The molecule has 2 unspecified atom stereocenters. The summed E-state index contributed by atoms with van der Waals surface area (Å²) < 4.78 is 16.5. The molecule has 23 heavy (non-hydrogen) atoms. The van der Waals surface area contributed by atoms with Crippen molar-refractivity contribution in [1.29, 1.82) is 0 Å². The van der Waals surface area contributed by atoms with E-state index in [1.54, 1.807) is 11.8 Å². The number of carbonyl (C=O) groups is 2. The molecule has 0 bridgehead atoms. The summed E-state index contributed by atoms with van der Waals surface area (Å²) in [7, 11) is -4.39. The molecule has 1 heterocycles. The summed E-state index contributed by atoms with van der Waals surface area (Å²) in [6.45, 7) is 4.24. The smallest absolute Gasteiger partial charge is 0.332 e. The van der Waals surface area contributed by atoms with Gasteiger partial charge in [-0.2, -0.15) is 0 Å². The van der Waals surface area contributed by atoms with Gasteiger partial charge < -0.3 is 25.2 Å². The van der Waals surface area contributed by atoms with E-state index in [9.17, 15) is 23.9 Å². The van der Waals surface area contributed by atoms with E-state index in [4.69, 9.17) is 10.5 Å². The van der Waals surface area contributed by atoms with Crippen LogP contribution in [0.25, 0.3) is 0 Å². The number of hydrogen-bond acceptors (Lipinski definition) is 5. The van der Waals surface area contributed by atoms with E-state index in [1.165, 1.54) is 19.1 Å². The van der Waals surface area contributed by atoms with Crippen molar-refractivity contribution in [3.8, 4) is 0 Å². The van der Waals surface area contributed by atoms with Gasteiger partial charge in [-0.1, -0.05) is 12.2 Å². The molecule has 0 aromatic heterocycles. The summed E-state index contributed by atoms with van der Waals surface area (Å²) in [5.74, 6) is -0.951. The van der Waals surface area contributed by atoms with E-state index in [0.717, 1.165) is 0 Å². The minimum atomic E-state index is -4.39. The fourth-order valence-electron chi connectivity index (χ4n) is 2.65. The van der Waals surface area contributed by atoms with Gasteiger partial charge in [-0.15, -0.1) is 0 Å². The summed E-state index contributed by atoms with van der Waals surface area (Å²) in [5, 5.41) is 0. The number of piperidine rings is 1. The van der Waals surface area contributed by atoms with Gasteiger partial charge in [-0.3, -0.25) is 14.2 Å². The maximum Gasteiger partial charge on any atom is 0.332 e. The van der Waals surface area contributed by atoms with Crippen LogP contribution in [-0.4, -0.2) is 58.0 Å². The van der Waals surface area contributed by atoms with Crippen molar-refractivity contribution in [1.82, 2.24) is 4.90 Å². The summed E-state index contributed by atoms with van der Waals surface area (Å²) in [6, 6.07) is -1.05. The summed E-state index contributed by atoms with van der Waals surface area (Å²) >= 11 is 0. The Morgan fingerprint density at radius 3 is 2.35 bits per heavy atom. The number of carbonyl (C=O) groups excluding carboxylic acids is 2. The lowest BCUT2D eigenvalue weighted by Gasteiger charge is -2.34. The van der Waals surface area contributed by atoms with Gasteiger partial charge in [-0.05, 0) is 25.7 Å². The average Bonchev–Trinajstić information content (AvgIpc) is 2.46. The van der Waals surface area contributed by atoms with E-state index in [-0.39, 0.29) is 18.4 Å². The number of rotatable bonds is 6. The molecular formula is C14H25N2O6P. The van der Waals surface area contributed by atoms with E-state index in [1.807, 2.05) is 0 Å². The number of amides is 1. The van der Waals surface area contributed by atoms with Crippen molar-refractivity contribution >= 4 is 19.5 Å². The van der Waals surface area contributed by atoms with Crippen molar-refractivity contribution in [3.63, 3.8) is 0 Å². The van der Waals surface area contributed by atoms with Crippen molar-refractivity contribution in [3.05, 3.63) is 12.2 Å². The number of ether oxygens (including phenoxy) is 1. The Hall–Kier alpha value is -1.21. The van der Waals surface area contributed by atoms with Crippen LogP contribution in [0.1, 0.15) is 26.7 Å². The molecule has 1 saturated heterocycles. The Morgan fingerprint density at radius 1 is 1.35 bits per heavy atom. The molecule has 1 aliphatic heterocycles. The predicted molar refractivity (Wildman–Crippen MR) is 84.6 cm³/mol. The van der Waals surface area contributed by atoms with Crippen molar-refractivity contribution in [2.24, 2.45) is 11.7 Å². The Labute approximate surface area is 135 Å². The zero-order valence-corrected chi connectivity index (χ0v) is 14.3. The Balaban J connectivity index is 2.77. The zero-order chi connectivity index (χ0) is 17.6. The number of esters is 1. The number of hydrogen-bond donors (Lipinski definition) is 3. The van der Waals surface area contributed by atoms with Gasteiger partial charge in [0.05, 0.1) is 12.3 Å².